The number of nitrogens with one attached hydrogen (secondary N) is 1. The molecular formula is C19H21F3N4O2. The van der Waals surface area contributed by atoms with Crippen molar-refractivity contribution >= 4 is 11.7 Å². The van der Waals surface area contributed by atoms with Crippen molar-refractivity contribution in [3.8, 4) is 5.75 Å². The zero-order chi connectivity index (χ0) is 20.1. The lowest BCUT2D eigenvalue weighted by atomic mass is 10.1. The number of hydrogen-bond acceptors (Lipinski definition) is 4. The summed E-state index contributed by atoms with van der Waals surface area (Å²) in [7, 11) is 0. The van der Waals surface area contributed by atoms with Crippen molar-refractivity contribution in [3.05, 3.63) is 54.1 Å². The number of piperazine rings is 1. The second-order valence-electron chi connectivity index (χ2n) is 6.51. The molecule has 2 aromatic rings. The normalized spacial score (nSPS) is 17.0. The van der Waals surface area contributed by atoms with Crippen LogP contribution < -0.4 is 15.0 Å². The van der Waals surface area contributed by atoms with Crippen LogP contribution in [0.2, 0.25) is 0 Å². The molecule has 1 aliphatic heterocycles. The van der Waals surface area contributed by atoms with E-state index in [1.165, 1.54) is 24.4 Å². The summed E-state index contributed by atoms with van der Waals surface area (Å²) in [4.78, 5) is 19.7. The third-order valence-electron chi connectivity index (χ3n) is 4.52. The van der Waals surface area contributed by atoms with Crippen LogP contribution in [0.5, 0.6) is 5.75 Å². The Labute approximate surface area is 160 Å². The molecule has 9 heteroatoms. The fraction of sp³-hybridized carbons (Fsp3) is 0.368. The number of ether oxygens (including phenoxy) is 1. The lowest BCUT2D eigenvalue weighted by Crippen LogP contribution is -2.55. The van der Waals surface area contributed by atoms with Crippen LogP contribution in [0.3, 0.4) is 0 Å². The quantitative estimate of drug-likeness (QED) is 0.791. The maximum atomic E-state index is 13.4. The van der Waals surface area contributed by atoms with Gasteiger partial charge in [-0.3, -0.25) is 0 Å². The molecule has 0 spiro atoms. The lowest BCUT2D eigenvalue weighted by Gasteiger charge is -2.41. The third kappa shape index (κ3) is 5.05. The zero-order valence-corrected chi connectivity index (χ0v) is 15.3. The Morgan fingerprint density at radius 3 is 2.86 bits per heavy atom. The van der Waals surface area contributed by atoms with Gasteiger partial charge in [-0.15, -0.1) is 0 Å². The van der Waals surface area contributed by atoms with E-state index in [-0.39, 0.29) is 24.4 Å². The highest BCUT2D eigenvalue weighted by atomic mass is 19.3. The molecule has 1 atom stereocenters. The second kappa shape index (κ2) is 8.81. The number of benzene rings is 1. The van der Waals surface area contributed by atoms with E-state index in [4.69, 9.17) is 0 Å². The summed E-state index contributed by atoms with van der Waals surface area (Å²) in [6.45, 7) is 0.789. The first-order valence-corrected chi connectivity index (χ1v) is 8.87. The molecule has 1 N–H and O–H groups in total. The number of alkyl halides is 2. The largest absolute Gasteiger partial charge is 0.435 e. The van der Waals surface area contributed by atoms with Gasteiger partial charge in [-0.25, -0.2) is 9.78 Å². The number of rotatable bonds is 5. The highest BCUT2D eigenvalue weighted by Crippen LogP contribution is 2.21. The lowest BCUT2D eigenvalue weighted by molar-refractivity contribution is -0.0498. The van der Waals surface area contributed by atoms with Crippen molar-refractivity contribution in [2.24, 2.45) is 0 Å². The van der Waals surface area contributed by atoms with Crippen molar-refractivity contribution in [3.63, 3.8) is 0 Å². The molecule has 6 nitrogen and oxygen atoms in total. The molecule has 1 fully saturated rings. The summed E-state index contributed by atoms with van der Waals surface area (Å²) in [5.41, 5.74) is 1.39. The molecule has 0 bridgehead atoms. The number of aromatic nitrogens is 1. The number of hydrogen-bond donors (Lipinski definition) is 1. The van der Waals surface area contributed by atoms with Gasteiger partial charge in [0.15, 0.2) is 0 Å². The average Bonchev–Trinajstić information content (AvgIpc) is 2.66. The Kier molecular flexibility index (Phi) is 6.23. The van der Waals surface area contributed by atoms with Crippen LogP contribution in [0.1, 0.15) is 12.5 Å². The highest BCUT2D eigenvalue weighted by molar-refractivity contribution is 5.74. The van der Waals surface area contributed by atoms with E-state index < -0.39 is 12.6 Å². The molecule has 1 aromatic heterocycles. The maximum Gasteiger partial charge on any atom is 0.387 e. The van der Waals surface area contributed by atoms with Crippen LogP contribution in [-0.2, 0) is 6.54 Å². The zero-order valence-electron chi connectivity index (χ0n) is 15.3. The molecule has 28 heavy (non-hydrogen) atoms. The first-order valence-electron chi connectivity index (χ1n) is 8.87. The number of anilines is 1. The SMILES string of the molecule is C[C@H]1CN(C(=O)NCc2cccc(OC(F)F)c2)CCN1c1ccnc(F)c1. The van der Waals surface area contributed by atoms with Crippen LogP contribution >= 0.6 is 0 Å². The van der Waals surface area contributed by atoms with E-state index in [2.05, 4.69) is 15.0 Å². The number of nitrogens with zero attached hydrogens (tertiary/aromatic N) is 3. The van der Waals surface area contributed by atoms with Crippen LogP contribution in [0.15, 0.2) is 42.6 Å². The molecule has 0 saturated carbocycles. The Balaban J connectivity index is 1.53. The number of halogens is 3. The van der Waals surface area contributed by atoms with Gasteiger partial charge in [0.2, 0.25) is 5.95 Å². The molecule has 0 unspecified atom stereocenters. The molecular weight excluding hydrogens is 373 g/mol. The van der Waals surface area contributed by atoms with Crippen LogP contribution in [0, 0.1) is 5.95 Å². The van der Waals surface area contributed by atoms with Gasteiger partial charge in [0.1, 0.15) is 5.75 Å². The topological polar surface area (TPSA) is 57.7 Å². The predicted octanol–water partition coefficient (Wildman–Crippen LogP) is 3.24. The molecule has 150 valence electrons. The molecule has 1 aliphatic rings. The van der Waals surface area contributed by atoms with Gasteiger partial charge in [-0.05, 0) is 30.7 Å². The van der Waals surface area contributed by atoms with Crippen molar-refractivity contribution < 1.29 is 22.7 Å². The second-order valence-corrected chi connectivity index (χ2v) is 6.51. The molecule has 2 heterocycles. The number of pyridine rings is 1. The van der Waals surface area contributed by atoms with Gasteiger partial charge in [0.25, 0.3) is 0 Å². The monoisotopic (exact) mass is 394 g/mol. The van der Waals surface area contributed by atoms with Crippen molar-refractivity contribution in [1.29, 1.82) is 0 Å². The maximum absolute atomic E-state index is 13.4. The van der Waals surface area contributed by atoms with E-state index in [9.17, 15) is 18.0 Å². The van der Waals surface area contributed by atoms with Gasteiger partial charge in [-0.2, -0.15) is 13.2 Å². The van der Waals surface area contributed by atoms with Gasteiger partial charge < -0.3 is 19.9 Å². The van der Waals surface area contributed by atoms with Gasteiger partial charge in [-0.1, -0.05) is 12.1 Å². The van der Waals surface area contributed by atoms with Crippen LogP contribution in [-0.4, -0.2) is 48.2 Å². The molecule has 0 aliphatic carbocycles. The van der Waals surface area contributed by atoms with Gasteiger partial charge in [0, 0.05) is 50.2 Å². The fourth-order valence-electron chi connectivity index (χ4n) is 3.22. The number of carbonyl (C=O) groups excluding carboxylic acids is 1. The Bertz CT molecular complexity index is 821. The van der Waals surface area contributed by atoms with Crippen LogP contribution in [0.25, 0.3) is 0 Å². The average molecular weight is 394 g/mol. The van der Waals surface area contributed by atoms with Crippen molar-refractivity contribution in [2.75, 3.05) is 24.5 Å². The Morgan fingerprint density at radius 1 is 1.32 bits per heavy atom. The first-order chi connectivity index (χ1) is 13.4. The molecule has 1 saturated heterocycles. The predicted molar refractivity (Wildman–Crippen MR) is 97.9 cm³/mol. The van der Waals surface area contributed by atoms with E-state index in [1.807, 2.05) is 11.8 Å². The smallest absolute Gasteiger partial charge is 0.387 e. The summed E-state index contributed by atoms with van der Waals surface area (Å²) in [6, 6.07) is 9.08. The number of amides is 2. The summed E-state index contributed by atoms with van der Waals surface area (Å²) in [5, 5.41) is 2.79. The molecule has 2 amide bonds. The summed E-state index contributed by atoms with van der Waals surface area (Å²) in [6.07, 6.45) is 1.42. The van der Waals surface area contributed by atoms with Gasteiger partial charge in [0.05, 0.1) is 0 Å². The Hall–Kier alpha value is -2.97. The third-order valence-corrected chi connectivity index (χ3v) is 4.52. The molecule has 0 radical (unpaired) electrons. The first kappa shape index (κ1) is 19.8. The molecule has 1 aromatic carbocycles. The molecule has 3 rings (SSSR count). The minimum absolute atomic E-state index is 0.00377. The van der Waals surface area contributed by atoms with E-state index >= 15 is 0 Å². The standard InChI is InChI=1S/C19H21F3N4O2/c1-13-12-25(7-8-26(13)15-5-6-23-17(20)10-15)19(27)24-11-14-3-2-4-16(9-14)28-18(21)22/h2-6,9-10,13,18H,7-8,11-12H2,1H3,(H,24,27)/t13-/m0/s1. The summed E-state index contributed by atoms with van der Waals surface area (Å²) < 4.78 is 42.3. The summed E-state index contributed by atoms with van der Waals surface area (Å²) >= 11 is 0. The minimum atomic E-state index is -2.89. The minimum Gasteiger partial charge on any atom is -0.435 e. The van der Waals surface area contributed by atoms with Crippen molar-refractivity contribution in [2.45, 2.75) is 26.1 Å². The van der Waals surface area contributed by atoms with Crippen molar-refractivity contribution in [1.82, 2.24) is 15.2 Å². The number of urea groups is 1. The van der Waals surface area contributed by atoms with E-state index in [1.54, 1.807) is 23.1 Å². The van der Waals surface area contributed by atoms with Crippen LogP contribution in [0.4, 0.5) is 23.7 Å². The number of carbonyl (C=O) groups is 1. The van der Waals surface area contributed by atoms with E-state index in [0.717, 1.165) is 5.69 Å². The van der Waals surface area contributed by atoms with Gasteiger partial charge >= 0.3 is 12.6 Å². The summed E-state index contributed by atoms with van der Waals surface area (Å²) in [5.74, 6) is -0.489. The highest BCUT2D eigenvalue weighted by Gasteiger charge is 2.27. The Morgan fingerprint density at radius 2 is 2.14 bits per heavy atom. The van der Waals surface area contributed by atoms with E-state index in [0.29, 0.717) is 25.2 Å². The fourth-order valence-corrected chi connectivity index (χ4v) is 3.22.